The number of aromatic nitrogens is 2. The minimum atomic E-state index is -0.540. The molecule has 2 aliphatic carbocycles. The van der Waals surface area contributed by atoms with E-state index in [9.17, 15) is 14.0 Å². The zero-order valence-electron chi connectivity index (χ0n) is 20.4. The van der Waals surface area contributed by atoms with Gasteiger partial charge in [-0.3, -0.25) is 9.59 Å². The van der Waals surface area contributed by atoms with Gasteiger partial charge in [-0.05, 0) is 75.1 Å². The molecule has 36 heavy (non-hydrogen) atoms. The average molecular weight is 492 g/mol. The lowest BCUT2D eigenvalue weighted by Gasteiger charge is -2.35. The van der Waals surface area contributed by atoms with Crippen LogP contribution in [0, 0.1) is 5.82 Å². The zero-order valence-corrected chi connectivity index (χ0v) is 20.4. The Morgan fingerprint density at radius 2 is 1.58 bits per heavy atom. The van der Waals surface area contributed by atoms with Crippen molar-refractivity contribution in [3.8, 4) is 0 Å². The van der Waals surface area contributed by atoms with Crippen molar-refractivity contribution in [3.05, 3.63) is 75.5 Å². The van der Waals surface area contributed by atoms with Gasteiger partial charge in [-0.15, -0.1) is 0 Å². The molecule has 0 saturated heterocycles. The van der Waals surface area contributed by atoms with E-state index in [-0.39, 0.29) is 23.1 Å². The number of benzene rings is 2. The molecule has 2 fully saturated rings. The van der Waals surface area contributed by atoms with Gasteiger partial charge in [-0.2, -0.15) is 5.10 Å². The molecule has 1 aromatic heterocycles. The number of nitrogens with zero attached hydrogens (tertiary/aromatic N) is 1. The molecular formula is C28H34FN5O2. The molecule has 5 N–H and O–H groups in total. The Balaban J connectivity index is 1.20. The third-order valence-corrected chi connectivity index (χ3v) is 7.73. The number of nitrogens with one attached hydrogen (secondary N) is 3. The molecule has 0 aliphatic heterocycles. The molecule has 1 heterocycles. The lowest BCUT2D eigenvalue weighted by molar-refractivity contribution is 0.0919. The molecule has 190 valence electrons. The van der Waals surface area contributed by atoms with Crippen molar-refractivity contribution in [1.29, 1.82) is 0 Å². The second kappa shape index (κ2) is 10.9. The van der Waals surface area contributed by atoms with Crippen LogP contribution in [0.25, 0.3) is 10.8 Å². The van der Waals surface area contributed by atoms with Crippen LogP contribution in [-0.2, 0) is 6.42 Å². The number of nitrogens with two attached hydrogens (primary N) is 1. The number of carbonyl (C=O) groups is 1. The van der Waals surface area contributed by atoms with Gasteiger partial charge in [0.25, 0.3) is 11.5 Å². The Labute approximate surface area is 210 Å². The van der Waals surface area contributed by atoms with Crippen molar-refractivity contribution < 1.29 is 9.18 Å². The van der Waals surface area contributed by atoms with Gasteiger partial charge in [-0.25, -0.2) is 9.49 Å². The standard InChI is InChI=1S/C28H34FN5O2/c29-25-14-5-17(16-26-22-3-1-2-4-23(22)28(36)34-33-26)15-24(25)27(35)32-21-12-10-20(11-13-21)31-19-8-6-18(30)7-9-19/h1-5,14-15,18-21,31H,6-13,16,30H2,(H,32,35)(H,34,36). The summed E-state index contributed by atoms with van der Waals surface area (Å²) < 4.78 is 14.6. The molecular weight excluding hydrogens is 457 g/mol. The van der Waals surface area contributed by atoms with Crippen LogP contribution >= 0.6 is 0 Å². The molecule has 5 rings (SSSR count). The number of H-pyrrole nitrogens is 1. The number of amides is 1. The summed E-state index contributed by atoms with van der Waals surface area (Å²) in [7, 11) is 0. The highest BCUT2D eigenvalue weighted by Crippen LogP contribution is 2.24. The first-order valence-electron chi connectivity index (χ1n) is 13.0. The molecule has 2 aliphatic rings. The second-order valence-electron chi connectivity index (χ2n) is 10.3. The topological polar surface area (TPSA) is 113 Å². The van der Waals surface area contributed by atoms with Gasteiger partial charge >= 0.3 is 0 Å². The number of aromatic amines is 1. The van der Waals surface area contributed by atoms with Gasteiger partial charge in [0, 0.05) is 36.0 Å². The van der Waals surface area contributed by atoms with Crippen LogP contribution in [0.3, 0.4) is 0 Å². The SMILES string of the molecule is NC1CCC(NC2CCC(NC(=O)c3cc(Cc4n[nH]c(=O)c5ccccc45)ccc3F)CC2)CC1. The van der Waals surface area contributed by atoms with Crippen molar-refractivity contribution >= 4 is 16.7 Å². The fraction of sp³-hybridized carbons (Fsp3) is 0.464. The average Bonchev–Trinajstić information content (AvgIpc) is 2.89. The van der Waals surface area contributed by atoms with E-state index < -0.39 is 5.82 Å². The predicted octanol–water partition coefficient (Wildman–Crippen LogP) is 3.55. The normalized spacial score (nSPS) is 24.5. The number of hydrogen-bond acceptors (Lipinski definition) is 5. The van der Waals surface area contributed by atoms with Crippen molar-refractivity contribution in [3.63, 3.8) is 0 Å². The molecule has 0 bridgehead atoms. The molecule has 3 aromatic rings. The first kappa shape index (κ1) is 24.6. The Kier molecular flexibility index (Phi) is 7.43. The number of halogens is 1. The second-order valence-corrected chi connectivity index (χ2v) is 10.3. The molecule has 2 aromatic carbocycles. The van der Waals surface area contributed by atoms with Crippen LogP contribution in [0.4, 0.5) is 4.39 Å². The van der Waals surface area contributed by atoms with Crippen molar-refractivity contribution in [2.75, 3.05) is 0 Å². The lowest BCUT2D eigenvalue weighted by Crippen LogP contribution is -2.47. The van der Waals surface area contributed by atoms with E-state index in [0.29, 0.717) is 35.6 Å². The monoisotopic (exact) mass is 491 g/mol. The third-order valence-electron chi connectivity index (χ3n) is 7.73. The van der Waals surface area contributed by atoms with Crippen LogP contribution < -0.4 is 21.9 Å². The van der Waals surface area contributed by atoms with Gasteiger partial charge in [-0.1, -0.05) is 24.3 Å². The van der Waals surface area contributed by atoms with E-state index in [1.807, 2.05) is 12.1 Å². The maximum absolute atomic E-state index is 14.6. The van der Waals surface area contributed by atoms with Crippen LogP contribution in [0.15, 0.2) is 47.3 Å². The van der Waals surface area contributed by atoms with Gasteiger partial charge < -0.3 is 16.4 Å². The molecule has 0 spiro atoms. The molecule has 0 unspecified atom stereocenters. The van der Waals surface area contributed by atoms with E-state index in [2.05, 4.69) is 20.8 Å². The molecule has 2 saturated carbocycles. The molecule has 7 nitrogen and oxygen atoms in total. The Hall–Kier alpha value is -3.10. The fourth-order valence-electron chi connectivity index (χ4n) is 5.64. The highest BCUT2D eigenvalue weighted by molar-refractivity contribution is 5.95. The summed E-state index contributed by atoms with van der Waals surface area (Å²) in [5.74, 6) is -0.923. The molecule has 1 amide bonds. The molecule has 0 radical (unpaired) electrons. The van der Waals surface area contributed by atoms with E-state index in [0.717, 1.165) is 62.3 Å². The van der Waals surface area contributed by atoms with Gasteiger partial charge in [0.2, 0.25) is 0 Å². The van der Waals surface area contributed by atoms with Gasteiger partial charge in [0.05, 0.1) is 16.6 Å². The predicted molar refractivity (Wildman–Crippen MR) is 138 cm³/mol. The molecule has 8 heteroatoms. The van der Waals surface area contributed by atoms with E-state index >= 15 is 0 Å². The summed E-state index contributed by atoms with van der Waals surface area (Å²) in [6.45, 7) is 0. The summed E-state index contributed by atoms with van der Waals surface area (Å²) in [5, 5.41) is 14.9. The number of hydrogen-bond donors (Lipinski definition) is 4. The van der Waals surface area contributed by atoms with Gasteiger partial charge in [0.1, 0.15) is 5.82 Å². The third kappa shape index (κ3) is 5.65. The Morgan fingerprint density at radius 1 is 0.944 bits per heavy atom. The van der Waals surface area contributed by atoms with E-state index in [1.54, 1.807) is 24.3 Å². The van der Waals surface area contributed by atoms with Crippen LogP contribution in [0.5, 0.6) is 0 Å². The number of carbonyl (C=O) groups excluding carboxylic acids is 1. The van der Waals surface area contributed by atoms with Crippen LogP contribution in [-0.4, -0.2) is 40.3 Å². The first-order valence-corrected chi connectivity index (χ1v) is 13.0. The largest absolute Gasteiger partial charge is 0.349 e. The van der Waals surface area contributed by atoms with E-state index in [1.165, 1.54) is 6.07 Å². The van der Waals surface area contributed by atoms with Crippen molar-refractivity contribution in [1.82, 2.24) is 20.8 Å². The maximum atomic E-state index is 14.6. The first-order chi connectivity index (χ1) is 17.5. The summed E-state index contributed by atoms with van der Waals surface area (Å²) in [6, 6.07) is 13.2. The summed E-state index contributed by atoms with van der Waals surface area (Å²) in [5.41, 5.74) is 7.24. The van der Waals surface area contributed by atoms with Crippen molar-refractivity contribution in [2.45, 2.75) is 82.0 Å². The van der Waals surface area contributed by atoms with Crippen molar-refractivity contribution in [2.24, 2.45) is 5.73 Å². The summed E-state index contributed by atoms with van der Waals surface area (Å²) in [4.78, 5) is 25.0. The number of rotatable bonds is 6. The fourth-order valence-corrected chi connectivity index (χ4v) is 5.64. The van der Waals surface area contributed by atoms with E-state index in [4.69, 9.17) is 5.73 Å². The number of fused-ring (bicyclic) bond motifs is 1. The zero-order chi connectivity index (χ0) is 25.1. The minimum absolute atomic E-state index is 0.0417. The minimum Gasteiger partial charge on any atom is -0.349 e. The highest BCUT2D eigenvalue weighted by atomic mass is 19.1. The molecule has 0 atom stereocenters. The van der Waals surface area contributed by atoms with Crippen LogP contribution in [0.2, 0.25) is 0 Å². The lowest BCUT2D eigenvalue weighted by atomic mass is 9.87. The summed E-state index contributed by atoms with van der Waals surface area (Å²) >= 11 is 0. The van der Waals surface area contributed by atoms with Gasteiger partial charge in [0.15, 0.2) is 0 Å². The van der Waals surface area contributed by atoms with Crippen LogP contribution in [0.1, 0.15) is 73.0 Å². The summed E-state index contributed by atoms with van der Waals surface area (Å²) in [6.07, 6.45) is 8.58. The smallest absolute Gasteiger partial charge is 0.272 e. The highest BCUT2D eigenvalue weighted by Gasteiger charge is 2.27. The quantitative estimate of drug-likeness (QED) is 0.421. The Bertz CT molecular complexity index is 1280. The maximum Gasteiger partial charge on any atom is 0.272 e. The Morgan fingerprint density at radius 3 is 2.31 bits per heavy atom.